The molecule has 2 unspecified atom stereocenters. The van der Waals surface area contributed by atoms with Gasteiger partial charge in [-0.25, -0.2) is 0 Å². The van der Waals surface area contributed by atoms with Gasteiger partial charge in [0.15, 0.2) is 0 Å². The van der Waals surface area contributed by atoms with Crippen LogP contribution in [0, 0.1) is 5.92 Å². The van der Waals surface area contributed by atoms with Crippen molar-refractivity contribution in [1.29, 1.82) is 0 Å². The second kappa shape index (κ2) is 7.09. The zero-order chi connectivity index (χ0) is 14.5. The van der Waals surface area contributed by atoms with Crippen LogP contribution >= 0.6 is 0 Å². The van der Waals surface area contributed by atoms with Crippen molar-refractivity contribution in [3.05, 3.63) is 29.8 Å². The average Bonchev–Trinajstić information content (AvgIpc) is 2.47. The minimum Gasteiger partial charge on any atom is -0.497 e. The summed E-state index contributed by atoms with van der Waals surface area (Å²) in [6.07, 6.45) is 2.60. The molecular weight excluding hydrogens is 250 g/mol. The van der Waals surface area contributed by atoms with Crippen molar-refractivity contribution in [3.63, 3.8) is 0 Å². The predicted octanol–water partition coefficient (Wildman–Crippen LogP) is 3.55. The molecule has 1 heterocycles. The van der Waals surface area contributed by atoms with E-state index in [1.165, 1.54) is 5.56 Å². The van der Waals surface area contributed by atoms with Crippen molar-refractivity contribution in [2.24, 2.45) is 5.92 Å². The highest BCUT2D eigenvalue weighted by molar-refractivity contribution is 5.28. The molecule has 0 radical (unpaired) electrons. The van der Waals surface area contributed by atoms with Crippen LogP contribution in [0.15, 0.2) is 24.3 Å². The number of hydrogen-bond donors (Lipinski definition) is 1. The summed E-state index contributed by atoms with van der Waals surface area (Å²) in [5.74, 6) is 1.50. The van der Waals surface area contributed by atoms with E-state index in [4.69, 9.17) is 9.47 Å². The molecule has 0 bridgehead atoms. The molecule has 112 valence electrons. The molecule has 0 saturated carbocycles. The molecule has 1 saturated heterocycles. The van der Waals surface area contributed by atoms with E-state index in [0.29, 0.717) is 24.1 Å². The van der Waals surface area contributed by atoms with Gasteiger partial charge < -0.3 is 14.8 Å². The van der Waals surface area contributed by atoms with Crippen molar-refractivity contribution in [3.8, 4) is 5.75 Å². The number of hydrogen-bond acceptors (Lipinski definition) is 3. The van der Waals surface area contributed by atoms with Crippen molar-refractivity contribution in [2.45, 2.75) is 51.8 Å². The SMILES string of the molecule is COc1ccc([C@H](C)NC2CCOC(C(C)C)C2)cc1. The minimum absolute atomic E-state index is 0.358. The third kappa shape index (κ3) is 3.97. The Morgan fingerprint density at radius 1 is 1.20 bits per heavy atom. The summed E-state index contributed by atoms with van der Waals surface area (Å²) >= 11 is 0. The first kappa shape index (κ1) is 15.3. The van der Waals surface area contributed by atoms with Crippen LogP contribution in [-0.4, -0.2) is 25.9 Å². The van der Waals surface area contributed by atoms with Gasteiger partial charge in [0.1, 0.15) is 5.75 Å². The second-order valence-electron chi connectivity index (χ2n) is 6.04. The number of rotatable bonds is 5. The standard InChI is InChI=1S/C17H27NO2/c1-12(2)17-11-15(9-10-20-17)18-13(3)14-5-7-16(19-4)8-6-14/h5-8,12-13,15,17-18H,9-11H2,1-4H3/t13-,15?,17?/m0/s1. The molecule has 2 rings (SSSR count). The van der Waals surface area contributed by atoms with Gasteiger partial charge in [0.05, 0.1) is 13.2 Å². The van der Waals surface area contributed by atoms with Crippen molar-refractivity contribution >= 4 is 0 Å². The molecule has 1 fully saturated rings. The fourth-order valence-electron chi connectivity index (χ4n) is 2.79. The summed E-state index contributed by atoms with van der Waals surface area (Å²) in [5, 5.41) is 3.74. The highest BCUT2D eigenvalue weighted by atomic mass is 16.5. The third-order valence-corrected chi connectivity index (χ3v) is 4.16. The van der Waals surface area contributed by atoms with Gasteiger partial charge in [0, 0.05) is 18.7 Å². The molecule has 3 heteroatoms. The normalized spacial score (nSPS) is 24.6. The van der Waals surface area contributed by atoms with E-state index in [-0.39, 0.29) is 0 Å². The lowest BCUT2D eigenvalue weighted by Gasteiger charge is -2.34. The van der Waals surface area contributed by atoms with Crippen molar-refractivity contribution in [1.82, 2.24) is 5.32 Å². The summed E-state index contributed by atoms with van der Waals surface area (Å²) in [4.78, 5) is 0. The van der Waals surface area contributed by atoms with Gasteiger partial charge >= 0.3 is 0 Å². The van der Waals surface area contributed by atoms with Gasteiger partial charge in [-0.3, -0.25) is 0 Å². The van der Waals surface area contributed by atoms with Gasteiger partial charge in [-0.1, -0.05) is 26.0 Å². The topological polar surface area (TPSA) is 30.5 Å². The van der Waals surface area contributed by atoms with E-state index >= 15 is 0 Å². The molecule has 0 amide bonds. The maximum atomic E-state index is 5.83. The molecule has 3 atom stereocenters. The maximum Gasteiger partial charge on any atom is 0.118 e. The fourth-order valence-corrected chi connectivity index (χ4v) is 2.79. The highest BCUT2D eigenvalue weighted by Gasteiger charge is 2.25. The molecule has 1 aromatic rings. The first-order chi connectivity index (χ1) is 9.60. The Bertz CT molecular complexity index is 402. The number of ether oxygens (including phenoxy) is 2. The smallest absolute Gasteiger partial charge is 0.118 e. The van der Waals surface area contributed by atoms with Crippen LogP contribution in [0.25, 0.3) is 0 Å². The minimum atomic E-state index is 0.358. The van der Waals surface area contributed by atoms with Crippen LogP contribution < -0.4 is 10.1 Å². The van der Waals surface area contributed by atoms with Crippen LogP contribution in [0.5, 0.6) is 5.75 Å². The van der Waals surface area contributed by atoms with Crippen LogP contribution in [0.1, 0.15) is 45.2 Å². The van der Waals surface area contributed by atoms with Crippen LogP contribution in [0.3, 0.4) is 0 Å². The monoisotopic (exact) mass is 277 g/mol. The van der Waals surface area contributed by atoms with Crippen LogP contribution in [-0.2, 0) is 4.74 Å². The van der Waals surface area contributed by atoms with E-state index in [2.05, 4.69) is 38.2 Å². The molecule has 1 aromatic carbocycles. The molecule has 0 aromatic heterocycles. The Hall–Kier alpha value is -1.06. The lowest BCUT2D eigenvalue weighted by atomic mass is 9.94. The molecule has 1 aliphatic rings. The number of nitrogens with one attached hydrogen (secondary N) is 1. The van der Waals surface area contributed by atoms with Gasteiger partial charge in [-0.15, -0.1) is 0 Å². The van der Waals surface area contributed by atoms with Crippen LogP contribution in [0.4, 0.5) is 0 Å². The Balaban J connectivity index is 1.91. The van der Waals surface area contributed by atoms with E-state index in [1.807, 2.05) is 12.1 Å². The van der Waals surface area contributed by atoms with E-state index in [1.54, 1.807) is 7.11 Å². The van der Waals surface area contributed by atoms with Crippen molar-refractivity contribution in [2.75, 3.05) is 13.7 Å². The Morgan fingerprint density at radius 2 is 1.90 bits per heavy atom. The molecule has 0 spiro atoms. The van der Waals surface area contributed by atoms with Crippen LogP contribution in [0.2, 0.25) is 0 Å². The summed E-state index contributed by atoms with van der Waals surface area (Å²) in [5.41, 5.74) is 1.30. The largest absolute Gasteiger partial charge is 0.497 e. The maximum absolute atomic E-state index is 5.83. The van der Waals surface area contributed by atoms with Gasteiger partial charge in [0.2, 0.25) is 0 Å². The molecule has 3 nitrogen and oxygen atoms in total. The molecule has 0 aliphatic carbocycles. The lowest BCUT2D eigenvalue weighted by Crippen LogP contribution is -2.41. The second-order valence-corrected chi connectivity index (χ2v) is 6.04. The van der Waals surface area contributed by atoms with Crippen molar-refractivity contribution < 1.29 is 9.47 Å². The van der Waals surface area contributed by atoms with E-state index in [0.717, 1.165) is 25.2 Å². The predicted molar refractivity (Wildman–Crippen MR) is 82.1 cm³/mol. The quantitative estimate of drug-likeness (QED) is 0.893. The van der Waals surface area contributed by atoms with E-state index < -0.39 is 0 Å². The average molecular weight is 277 g/mol. The fraction of sp³-hybridized carbons (Fsp3) is 0.647. The lowest BCUT2D eigenvalue weighted by molar-refractivity contribution is -0.0256. The first-order valence-electron chi connectivity index (χ1n) is 7.61. The molecular formula is C17H27NO2. The summed E-state index contributed by atoms with van der Waals surface area (Å²) < 4.78 is 11.0. The molecule has 20 heavy (non-hydrogen) atoms. The molecule has 1 N–H and O–H groups in total. The van der Waals surface area contributed by atoms with Gasteiger partial charge in [0.25, 0.3) is 0 Å². The number of methoxy groups -OCH3 is 1. The highest BCUT2D eigenvalue weighted by Crippen LogP contribution is 2.23. The Labute approximate surface area is 122 Å². The zero-order valence-electron chi connectivity index (χ0n) is 13.1. The molecule has 1 aliphatic heterocycles. The number of benzene rings is 1. The first-order valence-corrected chi connectivity index (χ1v) is 7.61. The third-order valence-electron chi connectivity index (χ3n) is 4.16. The summed E-state index contributed by atoms with van der Waals surface area (Å²) in [7, 11) is 1.70. The summed E-state index contributed by atoms with van der Waals surface area (Å²) in [6, 6.07) is 9.22. The van der Waals surface area contributed by atoms with Gasteiger partial charge in [-0.2, -0.15) is 0 Å². The zero-order valence-corrected chi connectivity index (χ0v) is 13.1. The summed E-state index contributed by atoms with van der Waals surface area (Å²) in [6.45, 7) is 7.57. The Morgan fingerprint density at radius 3 is 2.50 bits per heavy atom. The Kier molecular flexibility index (Phi) is 5.44. The van der Waals surface area contributed by atoms with Gasteiger partial charge in [-0.05, 0) is 43.4 Å². The van der Waals surface area contributed by atoms with E-state index in [9.17, 15) is 0 Å².